The zero-order chi connectivity index (χ0) is 18.7. The topological polar surface area (TPSA) is 58.8 Å². The molecule has 0 saturated carbocycles. The van der Waals surface area contributed by atoms with Gasteiger partial charge in [0, 0.05) is 18.3 Å². The van der Waals surface area contributed by atoms with Gasteiger partial charge in [-0.05, 0) is 57.8 Å². The smallest absolute Gasteiger partial charge is 0.294 e. The van der Waals surface area contributed by atoms with Gasteiger partial charge in [-0.15, -0.1) is 0 Å². The van der Waals surface area contributed by atoms with Crippen LogP contribution in [0.2, 0.25) is 0 Å². The summed E-state index contributed by atoms with van der Waals surface area (Å²) in [4.78, 5) is 16.9. The summed E-state index contributed by atoms with van der Waals surface area (Å²) in [6.07, 6.45) is 2.66. The Hall–Kier alpha value is -2.79. The Labute approximate surface area is 154 Å². The van der Waals surface area contributed by atoms with Crippen LogP contribution in [0.25, 0.3) is 6.08 Å². The average molecular weight is 351 g/mol. The van der Waals surface area contributed by atoms with Crippen LogP contribution in [0, 0.1) is 6.92 Å². The molecular weight excluding hydrogens is 326 g/mol. The van der Waals surface area contributed by atoms with Crippen LogP contribution < -0.4 is 15.4 Å². The summed E-state index contributed by atoms with van der Waals surface area (Å²) >= 11 is 0. The van der Waals surface area contributed by atoms with Gasteiger partial charge in [-0.1, -0.05) is 29.8 Å². The highest BCUT2D eigenvalue weighted by molar-refractivity contribution is 6.10. The number of nitrogens with two attached hydrogens (primary N) is 1. The van der Waals surface area contributed by atoms with Crippen LogP contribution in [0.4, 0.5) is 11.4 Å². The molecule has 1 aliphatic rings. The van der Waals surface area contributed by atoms with Crippen molar-refractivity contribution in [2.75, 3.05) is 37.8 Å². The van der Waals surface area contributed by atoms with Crippen LogP contribution in [-0.2, 0) is 4.79 Å². The first-order valence-electron chi connectivity index (χ1n) is 8.76. The molecule has 0 saturated heterocycles. The monoisotopic (exact) mass is 351 g/mol. The minimum absolute atomic E-state index is 0.124. The number of nitrogens with zero attached hydrogens (tertiary/aromatic N) is 2. The highest BCUT2D eigenvalue weighted by Crippen LogP contribution is 2.37. The lowest BCUT2D eigenvalue weighted by Crippen LogP contribution is -2.38. The summed E-state index contributed by atoms with van der Waals surface area (Å²) < 4.78 is 5.90. The fourth-order valence-electron chi connectivity index (χ4n) is 2.91. The molecule has 0 fully saturated rings. The van der Waals surface area contributed by atoms with Crippen molar-refractivity contribution in [3.8, 4) is 5.75 Å². The Kier molecular flexibility index (Phi) is 5.28. The standard InChI is InChI=1S/C21H25N3O2/c1-15-5-7-16(8-6-15)13-20-21(25)24(12-4-11-23(2)3)18-10-9-17(22)14-19(18)26-20/h5-10,13-14H,4,11-12,22H2,1-3H3/b20-13+. The van der Waals surface area contributed by atoms with Gasteiger partial charge in [0.2, 0.25) is 0 Å². The summed E-state index contributed by atoms with van der Waals surface area (Å²) in [7, 11) is 4.05. The normalized spacial score (nSPS) is 15.3. The van der Waals surface area contributed by atoms with Crippen molar-refractivity contribution < 1.29 is 9.53 Å². The van der Waals surface area contributed by atoms with Gasteiger partial charge in [0.15, 0.2) is 11.5 Å². The van der Waals surface area contributed by atoms with Crippen LogP contribution >= 0.6 is 0 Å². The van der Waals surface area contributed by atoms with Crippen molar-refractivity contribution >= 4 is 23.4 Å². The summed E-state index contributed by atoms with van der Waals surface area (Å²) in [5.74, 6) is 0.811. The summed E-state index contributed by atoms with van der Waals surface area (Å²) in [5, 5.41) is 0. The van der Waals surface area contributed by atoms with E-state index >= 15 is 0 Å². The lowest BCUT2D eigenvalue weighted by molar-refractivity contribution is -0.117. The van der Waals surface area contributed by atoms with Crippen molar-refractivity contribution in [1.29, 1.82) is 0 Å². The molecule has 0 aromatic heterocycles. The number of benzene rings is 2. The van der Waals surface area contributed by atoms with Gasteiger partial charge in [-0.3, -0.25) is 4.79 Å². The number of amides is 1. The molecule has 5 heteroatoms. The van der Waals surface area contributed by atoms with Crippen LogP contribution in [0.5, 0.6) is 5.75 Å². The third-order valence-electron chi connectivity index (χ3n) is 4.31. The SMILES string of the molecule is Cc1ccc(/C=C2/Oc3cc(N)ccc3N(CCCN(C)C)C2=O)cc1. The minimum atomic E-state index is -0.124. The maximum Gasteiger partial charge on any atom is 0.294 e. The van der Waals surface area contributed by atoms with Crippen LogP contribution in [0.15, 0.2) is 48.2 Å². The molecule has 2 N–H and O–H groups in total. The molecule has 5 nitrogen and oxygen atoms in total. The minimum Gasteiger partial charge on any atom is -0.449 e. The van der Waals surface area contributed by atoms with E-state index in [1.54, 1.807) is 23.1 Å². The fourth-order valence-corrected chi connectivity index (χ4v) is 2.91. The second kappa shape index (κ2) is 7.62. The third-order valence-corrected chi connectivity index (χ3v) is 4.31. The van der Waals surface area contributed by atoms with Gasteiger partial charge in [0.1, 0.15) is 0 Å². The van der Waals surface area contributed by atoms with Gasteiger partial charge in [-0.25, -0.2) is 0 Å². The van der Waals surface area contributed by atoms with Gasteiger partial charge in [0.25, 0.3) is 5.91 Å². The zero-order valence-corrected chi connectivity index (χ0v) is 15.5. The molecule has 26 heavy (non-hydrogen) atoms. The van der Waals surface area contributed by atoms with Crippen LogP contribution in [0.3, 0.4) is 0 Å². The molecule has 0 spiro atoms. The lowest BCUT2D eigenvalue weighted by Gasteiger charge is -2.31. The number of hydrogen-bond acceptors (Lipinski definition) is 4. The van der Waals surface area contributed by atoms with E-state index < -0.39 is 0 Å². The number of nitrogen functional groups attached to an aromatic ring is 1. The predicted octanol–water partition coefficient (Wildman–Crippen LogP) is 3.30. The Bertz CT molecular complexity index is 826. The molecule has 1 amide bonds. The molecule has 1 heterocycles. The quantitative estimate of drug-likeness (QED) is 0.663. The van der Waals surface area contributed by atoms with E-state index in [0.717, 1.165) is 24.2 Å². The Balaban J connectivity index is 1.93. The van der Waals surface area contributed by atoms with Crippen molar-refractivity contribution in [1.82, 2.24) is 4.90 Å². The van der Waals surface area contributed by atoms with Gasteiger partial charge in [0.05, 0.1) is 5.69 Å². The van der Waals surface area contributed by atoms with Crippen molar-refractivity contribution in [3.63, 3.8) is 0 Å². The Morgan fingerprint density at radius 2 is 1.88 bits per heavy atom. The highest BCUT2D eigenvalue weighted by atomic mass is 16.5. The third kappa shape index (κ3) is 4.06. The number of anilines is 2. The number of fused-ring (bicyclic) bond motifs is 1. The maximum absolute atomic E-state index is 13.0. The van der Waals surface area contributed by atoms with Gasteiger partial charge in [-0.2, -0.15) is 0 Å². The van der Waals surface area contributed by atoms with E-state index in [4.69, 9.17) is 10.5 Å². The van der Waals surface area contributed by atoms with Crippen molar-refractivity contribution in [2.45, 2.75) is 13.3 Å². The second-order valence-corrected chi connectivity index (χ2v) is 6.86. The van der Waals surface area contributed by atoms with E-state index in [2.05, 4.69) is 4.90 Å². The number of carbonyl (C=O) groups excluding carboxylic acids is 1. The number of carbonyl (C=O) groups is 1. The average Bonchev–Trinajstić information content (AvgIpc) is 2.59. The first-order valence-corrected chi connectivity index (χ1v) is 8.76. The van der Waals surface area contributed by atoms with E-state index in [9.17, 15) is 4.79 Å². The summed E-state index contributed by atoms with van der Waals surface area (Å²) in [6.45, 7) is 3.57. The molecule has 2 aromatic rings. The summed E-state index contributed by atoms with van der Waals surface area (Å²) in [6, 6.07) is 13.4. The first-order chi connectivity index (χ1) is 12.4. The van der Waals surface area contributed by atoms with Crippen molar-refractivity contribution in [2.24, 2.45) is 0 Å². The van der Waals surface area contributed by atoms with Crippen molar-refractivity contribution in [3.05, 3.63) is 59.4 Å². The largest absolute Gasteiger partial charge is 0.449 e. The number of hydrogen-bond donors (Lipinski definition) is 1. The first kappa shape index (κ1) is 18.0. The zero-order valence-electron chi connectivity index (χ0n) is 15.5. The number of ether oxygens (including phenoxy) is 1. The van der Waals surface area contributed by atoms with Gasteiger partial charge >= 0.3 is 0 Å². The molecule has 3 rings (SSSR count). The fraction of sp³-hybridized carbons (Fsp3) is 0.286. The maximum atomic E-state index is 13.0. The molecule has 0 bridgehead atoms. The summed E-state index contributed by atoms with van der Waals surface area (Å²) in [5.41, 5.74) is 9.39. The molecule has 0 aliphatic carbocycles. The molecular formula is C21H25N3O2. The number of rotatable bonds is 5. The van der Waals surface area contributed by atoms with Gasteiger partial charge < -0.3 is 20.3 Å². The lowest BCUT2D eigenvalue weighted by atomic mass is 10.1. The van der Waals surface area contributed by atoms with Crippen LogP contribution in [0.1, 0.15) is 17.5 Å². The van der Waals surface area contributed by atoms with E-state index in [1.807, 2.05) is 51.4 Å². The highest BCUT2D eigenvalue weighted by Gasteiger charge is 2.30. The van der Waals surface area contributed by atoms with E-state index in [1.165, 1.54) is 5.56 Å². The molecule has 0 unspecified atom stereocenters. The molecule has 2 aromatic carbocycles. The molecule has 0 atom stereocenters. The second-order valence-electron chi connectivity index (χ2n) is 6.86. The number of aryl methyl sites for hydroxylation is 1. The Morgan fingerprint density at radius 1 is 1.15 bits per heavy atom. The van der Waals surface area contributed by atoms with E-state index in [-0.39, 0.29) is 5.91 Å². The molecule has 1 aliphatic heterocycles. The van der Waals surface area contributed by atoms with E-state index in [0.29, 0.717) is 23.7 Å². The van der Waals surface area contributed by atoms with Crippen LogP contribution in [-0.4, -0.2) is 38.0 Å². The Morgan fingerprint density at radius 3 is 2.58 bits per heavy atom. The molecule has 136 valence electrons. The molecule has 0 radical (unpaired) electrons. The predicted molar refractivity (Wildman–Crippen MR) is 106 cm³/mol.